The molecule has 1 amide bonds. The molecule has 124 valence electrons. The lowest BCUT2D eigenvalue weighted by molar-refractivity contribution is -0.123. The van der Waals surface area contributed by atoms with Gasteiger partial charge in [0.25, 0.3) is 5.91 Å². The molecular formula is C20H22N2O2. The van der Waals surface area contributed by atoms with Gasteiger partial charge in [0, 0.05) is 5.56 Å². The minimum atomic E-state index is -0.244. The molecule has 0 bridgehead atoms. The number of ether oxygens (including phenoxy) is 1. The third-order valence-electron chi connectivity index (χ3n) is 4.42. The second-order valence-electron chi connectivity index (χ2n) is 6.09. The molecule has 2 aromatic carbocycles. The average Bonchev–Trinajstić information content (AvgIpc) is 2.61. The van der Waals surface area contributed by atoms with Gasteiger partial charge in [-0.15, -0.1) is 0 Å². The molecule has 1 aliphatic rings. The quantitative estimate of drug-likeness (QED) is 0.875. The molecule has 0 atom stereocenters. The van der Waals surface area contributed by atoms with Crippen molar-refractivity contribution in [2.24, 2.45) is 5.10 Å². The Hall–Kier alpha value is -2.62. The van der Waals surface area contributed by atoms with Crippen LogP contribution in [0.2, 0.25) is 0 Å². The van der Waals surface area contributed by atoms with Crippen LogP contribution in [0.5, 0.6) is 5.75 Å². The van der Waals surface area contributed by atoms with Gasteiger partial charge in [-0.2, -0.15) is 5.10 Å². The predicted molar refractivity (Wildman–Crippen MR) is 95.5 cm³/mol. The number of benzene rings is 2. The third kappa shape index (κ3) is 3.65. The number of aryl methyl sites for hydroxylation is 2. The van der Waals surface area contributed by atoms with E-state index in [0.717, 1.165) is 47.4 Å². The number of hydrogen-bond donors (Lipinski definition) is 1. The number of amides is 1. The molecule has 0 spiro atoms. The standard InChI is InChI=1S/C20H22N2O2/c1-14-7-5-12-19(15(14)2)24-13-20(23)22-21-18-11-6-9-16-8-3-4-10-17(16)18/h3-5,7-8,10,12H,6,9,11,13H2,1-2H3,(H,22,23)/b21-18+. The summed E-state index contributed by atoms with van der Waals surface area (Å²) in [5.41, 5.74) is 8.20. The summed E-state index contributed by atoms with van der Waals surface area (Å²) < 4.78 is 5.61. The normalized spacial score (nSPS) is 15.0. The molecule has 2 aromatic rings. The van der Waals surface area contributed by atoms with Gasteiger partial charge in [-0.05, 0) is 55.9 Å². The van der Waals surface area contributed by atoms with E-state index in [-0.39, 0.29) is 12.5 Å². The van der Waals surface area contributed by atoms with Gasteiger partial charge in [-0.25, -0.2) is 5.43 Å². The number of fused-ring (bicyclic) bond motifs is 1. The first-order chi connectivity index (χ1) is 11.6. The highest BCUT2D eigenvalue weighted by molar-refractivity contribution is 6.03. The minimum Gasteiger partial charge on any atom is -0.483 e. The first kappa shape index (κ1) is 16.2. The first-order valence-electron chi connectivity index (χ1n) is 8.28. The van der Waals surface area contributed by atoms with Crippen molar-refractivity contribution in [3.63, 3.8) is 0 Å². The molecule has 0 fully saturated rings. The van der Waals surface area contributed by atoms with Crippen molar-refractivity contribution in [1.29, 1.82) is 0 Å². The van der Waals surface area contributed by atoms with E-state index in [1.165, 1.54) is 5.56 Å². The molecule has 0 aliphatic heterocycles. The third-order valence-corrected chi connectivity index (χ3v) is 4.42. The monoisotopic (exact) mass is 322 g/mol. The fourth-order valence-electron chi connectivity index (χ4n) is 2.90. The van der Waals surface area contributed by atoms with Crippen molar-refractivity contribution in [3.8, 4) is 5.75 Å². The lowest BCUT2D eigenvalue weighted by atomic mass is 9.90. The van der Waals surface area contributed by atoms with Gasteiger partial charge < -0.3 is 4.74 Å². The molecule has 24 heavy (non-hydrogen) atoms. The van der Waals surface area contributed by atoms with E-state index in [9.17, 15) is 4.79 Å². The van der Waals surface area contributed by atoms with Crippen LogP contribution in [0, 0.1) is 13.8 Å². The summed E-state index contributed by atoms with van der Waals surface area (Å²) in [6, 6.07) is 14.0. The zero-order valence-electron chi connectivity index (χ0n) is 14.1. The molecule has 3 rings (SSSR count). The maximum Gasteiger partial charge on any atom is 0.277 e. The zero-order chi connectivity index (χ0) is 16.9. The molecule has 0 aromatic heterocycles. The highest BCUT2D eigenvalue weighted by atomic mass is 16.5. The van der Waals surface area contributed by atoms with Crippen LogP contribution in [0.15, 0.2) is 47.6 Å². The highest BCUT2D eigenvalue weighted by Crippen LogP contribution is 2.21. The lowest BCUT2D eigenvalue weighted by Crippen LogP contribution is -2.27. The van der Waals surface area contributed by atoms with E-state index in [2.05, 4.69) is 22.7 Å². The molecule has 0 heterocycles. The smallest absolute Gasteiger partial charge is 0.277 e. The lowest BCUT2D eigenvalue weighted by Gasteiger charge is -2.17. The predicted octanol–water partition coefficient (Wildman–Crippen LogP) is 3.54. The second-order valence-corrected chi connectivity index (χ2v) is 6.09. The van der Waals surface area contributed by atoms with Crippen molar-refractivity contribution < 1.29 is 9.53 Å². The summed E-state index contributed by atoms with van der Waals surface area (Å²) in [7, 11) is 0. The van der Waals surface area contributed by atoms with Crippen LogP contribution in [0.4, 0.5) is 0 Å². The summed E-state index contributed by atoms with van der Waals surface area (Å²) in [5, 5.41) is 4.31. The van der Waals surface area contributed by atoms with E-state index < -0.39 is 0 Å². The number of rotatable bonds is 4. The number of hydrogen-bond acceptors (Lipinski definition) is 3. The molecule has 4 nitrogen and oxygen atoms in total. The Morgan fingerprint density at radius 3 is 2.83 bits per heavy atom. The second kappa shape index (κ2) is 7.30. The first-order valence-corrected chi connectivity index (χ1v) is 8.28. The Morgan fingerprint density at radius 1 is 1.12 bits per heavy atom. The van der Waals surface area contributed by atoms with Crippen molar-refractivity contribution in [2.75, 3.05) is 6.61 Å². The Morgan fingerprint density at radius 2 is 1.96 bits per heavy atom. The highest BCUT2D eigenvalue weighted by Gasteiger charge is 2.15. The Labute approximate surface area is 142 Å². The average molecular weight is 322 g/mol. The number of nitrogens with zero attached hydrogens (tertiary/aromatic N) is 1. The molecule has 1 aliphatic carbocycles. The van der Waals surface area contributed by atoms with Crippen LogP contribution in [0.25, 0.3) is 0 Å². The van der Waals surface area contributed by atoms with Crippen molar-refractivity contribution in [2.45, 2.75) is 33.1 Å². The van der Waals surface area contributed by atoms with Crippen LogP contribution in [0.3, 0.4) is 0 Å². The summed E-state index contributed by atoms with van der Waals surface area (Å²) in [6.45, 7) is 3.97. The summed E-state index contributed by atoms with van der Waals surface area (Å²) in [4.78, 5) is 12.0. The molecule has 0 saturated carbocycles. The molecule has 0 saturated heterocycles. The van der Waals surface area contributed by atoms with Crippen LogP contribution >= 0.6 is 0 Å². The van der Waals surface area contributed by atoms with Crippen molar-refractivity contribution in [3.05, 3.63) is 64.7 Å². The Kier molecular flexibility index (Phi) is 4.94. The van der Waals surface area contributed by atoms with Gasteiger partial charge in [0.2, 0.25) is 0 Å². The van der Waals surface area contributed by atoms with E-state index in [4.69, 9.17) is 4.74 Å². The van der Waals surface area contributed by atoms with Crippen molar-refractivity contribution >= 4 is 11.6 Å². The Balaban J connectivity index is 1.61. The van der Waals surface area contributed by atoms with Crippen LogP contribution in [0.1, 0.15) is 35.1 Å². The fourth-order valence-corrected chi connectivity index (χ4v) is 2.90. The number of carbonyl (C=O) groups excluding carboxylic acids is 1. The maximum atomic E-state index is 12.0. The van der Waals surface area contributed by atoms with Gasteiger partial charge in [0.15, 0.2) is 6.61 Å². The molecule has 1 N–H and O–H groups in total. The SMILES string of the molecule is Cc1cccc(OCC(=O)N/N=C2\CCCc3ccccc32)c1C. The Bertz CT molecular complexity index is 781. The molecule has 0 radical (unpaired) electrons. The number of nitrogens with one attached hydrogen (secondary N) is 1. The van der Waals surface area contributed by atoms with Gasteiger partial charge in [0.05, 0.1) is 5.71 Å². The maximum absolute atomic E-state index is 12.0. The number of hydrazone groups is 1. The topological polar surface area (TPSA) is 50.7 Å². The van der Waals surface area contributed by atoms with E-state index in [0.29, 0.717) is 0 Å². The largest absolute Gasteiger partial charge is 0.483 e. The van der Waals surface area contributed by atoms with Crippen LogP contribution in [-0.2, 0) is 11.2 Å². The molecular weight excluding hydrogens is 300 g/mol. The molecule has 0 unspecified atom stereocenters. The van der Waals surface area contributed by atoms with Gasteiger partial charge in [-0.1, -0.05) is 36.4 Å². The van der Waals surface area contributed by atoms with Crippen molar-refractivity contribution in [1.82, 2.24) is 5.43 Å². The number of carbonyl (C=O) groups is 1. The summed E-state index contributed by atoms with van der Waals surface area (Å²) >= 11 is 0. The van der Waals surface area contributed by atoms with E-state index in [1.54, 1.807) is 0 Å². The zero-order valence-corrected chi connectivity index (χ0v) is 14.1. The van der Waals surface area contributed by atoms with E-state index in [1.807, 2.05) is 44.2 Å². The van der Waals surface area contributed by atoms with E-state index >= 15 is 0 Å². The molecule has 4 heteroatoms. The van der Waals surface area contributed by atoms with Gasteiger partial charge >= 0.3 is 0 Å². The summed E-state index contributed by atoms with van der Waals surface area (Å²) in [6.07, 6.45) is 3.01. The minimum absolute atomic E-state index is 0.0390. The van der Waals surface area contributed by atoms with Crippen LogP contribution < -0.4 is 10.2 Å². The van der Waals surface area contributed by atoms with Gasteiger partial charge in [0.1, 0.15) is 5.75 Å². The van der Waals surface area contributed by atoms with Gasteiger partial charge in [-0.3, -0.25) is 4.79 Å². The summed E-state index contributed by atoms with van der Waals surface area (Å²) in [5.74, 6) is 0.493. The fraction of sp³-hybridized carbons (Fsp3) is 0.300. The van der Waals surface area contributed by atoms with Crippen LogP contribution in [-0.4, -0.2) is 18.2 Å².